The SMILES string of the molecule is C[C@H](O)c1ccc(Oc2cccc(C#N)c2)cc1. The van der Waals surface area contributed by atoms with Crippen molar-refractivity contribution in [1.29, 1.82) is 5.26 Å². The van der Waals surface area contributed by atoms with Crippen LogP contribution in [0.3, 0.4) is 0 Å². The molecule has 2 aromatic rings. The minimum absolute atomic E-state index is 0.485. The molecule has 0 radical (unpaired) electrons. The van der Waals surface area contributed by atoms with Gasteiger partial charge in [0.25, 0.3) is 0 Å². The Bertz CT molecular complexity index is 568. The Balaban J connectivity index is 2.16. The summed E-state index contributed by atoms with van der Waals surface area (Å²) in [6.45, 7) is 1.71. The number of nitriles is 1. The Hall–Kier alpha value is -2.31. The number of benzene rings is 2. The first-order valence-electron chi connectivity index (χ1n) is 5.65. The van der Waals surface area contributed by atoms with Gasteiger partial charge in [0.15, 0.2) is 0 Å². The fourth-order valence-electron chi connectivity index (χ4n) is 1.58. The lowest BCUT2D eigenvalue weighted by Gasteiger charge is -2.08. The quantitative estimate of drug-likeness (QED) is 0.893. The van der Waals surface area contributed by atoms with Gasteiger partial charge in [-0.15, -0.1) is 0 Å². The van der Waals surface area contributed by atoms with E-state index in [-0.39, 0.29) is 0 Å². The van der Waals surface area contributed by atoms with Crippen LogP contribution in [0.25, 0.3) is 0 Å². The summed E-state index contributed by atoms with van der Waals surface area (Å²) in [5.41, 5.74) is 1.40. The molecule has 0 fully saturated rings. The third-order valence-electron chi connectivity index (χ3n) is 2.56. The van der Waals surface area contributed by atoms with E-state index < -0.39 is 6.10 Å². The molecule has 0 amide bonds. The van der Waals surface area contributed by atoms with E-state index >= 15 is 0 Å². The summed E-state index contributed by atoms with van der Waals surface area (Å²) in [7, 11) is 0. The maximum Gasteiger partial charge on any atom is 0.128 e. The predicted molar refractivity (Wildman–Crippen MR) is 68.3 cm³/mol. The smallest absolute Gasteiger partial charge is 0.128 e. The van der Waals surface area contributed by atoms with E-state index in [0.29, 0.717) is 17.1 Å². The average molecular weight is 239 g/mol. The van der Waals surface area contributed by atoms with Crippen LogP contribution >= 0.6 is 0 Å². The van der Waals surface area contributed by atoms with E-state index in [4.69, 9.17) is 10.00 Å². The molecule has 2 rings (SSSR count). The van der Waals surface area contributed by atoms with E-state index in [1.807, 2.05) is 12.1 Å². The fourth-order valence-corrected chi connectivity index (χ4v) is 1.58. The second kappa shape index (κ2) is 5.35. The van der Waals surface area contributed by atoms with Gasteiger partial charge in [0.1, 0.15) is 11.5 Å². The molecular formula is C15H13NO2. The molecule has 18 heavy (non-hydrogen) atoms. The Morgan fingerprint density at radius 3 is 2.44 bits per heavy atom. The molecule has 3 heteroatoms. The number of hydrogen-bond acceptors (Lipinski definition) is 3. The van der Waals surface area contributed by atoms with Crippen LogP contribution in [0.1, 0.15) is 24.2 Å². The van der Waals surface area contributed by atoms with Crippen molar-refractivity contribution in [1.82, 2.24) is 0 Å². The normalized spacial score (nSPS) is 11.6. The summed E-state index contributed by atoms with van der Waals surface area (Å²) in [4.78, 5) is 0. The van der Waals surface area contributed by atoms with Crippen LogP contribution < -0.4 is 4.74 Å². The fraction of sp³-hybridized carbons (Fsp3) is 0.133. The number of rotatable bonds is 3. The minimum Gasteiger partial charge on any atom is -0.457 e. The van der Waals surface area contributed by atoms with Crippen LogP contribution in [0.5, 0.6) is 11.5 Å². The molecule has 0 saturated heterocycles. The molecule has 0 unspecified atom stereocenters. The molecule has 0 aromatic heterocycles. The number of nitrogens with zero attached hydrogens (tertiary/aromatic N) is 1. The summed E-state index contributed by atoms with van der Waals surface area (Å²) < 4.78 is 5.62. The first-order valence-corrected chi connectivity index (χ1v) is 5.65. The lowest BCUT2D eigenvalue weighted by atomic mass is 10.1. The number of ether oxygens (including phenoxy) is 1. The summed E-state index contributed by atoms with van der Waals surface area (Å²) >= 11 is 0. The molecule has 1 atom stereocenters. The zero-order valence-corrected chi connectivity index (χ0v) is 10.00. The predicted octanol–water partition coefficient (Wildman–Crippen LogP) is 3.40. The molecule has 0 aliphatic carbocycles. The lowest BCUT2D eigenvalue weighted by Crippen LogP contribution is -1.91. The minimum atomic E-state index is -0.485. The van der Waals surface area contributed by atoms with Crippen LogP contribution in [-0.4, -0.2) is 5.11 Å². The van der Waals surface area contributed by atoms with E-state index in [9.17, 15) is 5.11 Å². The van der Waals surface area contributed by atoms with Crippen LogP contribution in [0.2, 0.25) is 0 Å². The average Bonchev–Trinajstić information content (AvgIpc) is 2.39. The summed E-state index contributed by atoms with van der Waals surface area (Å²) in [5.74, 6) is 1.30. The third-order valence-corrected chi connectivity index (χ3v) is 2.56. The summed E-state index contributed by atoms with van der Waals surface area (Å²) in [6.07, 6.45) is -0.485. The Morgan fingerprint density at radius 2 is 1.83 bits per heavy atom. The second-order valence-electron chi connectivity index (χ2n) is 3.99. The van der Waals surface area contributed by atoms with Gasteiger partial charge in [0.2, 0.25) is 0 Å². The van der Waals surface area contributed by atoms with Gasteiger partial charge in [-0.3, -0.25) is 0 Å². The van der Waals surface area contributed by atoms with Crippen molar-refractivity contribution >= 4 is 0 Å². The number of hydrogen-bond donors (Lipinski definition) is 1. The molecule has 90 valence electrons. The zero-order chi connectivity index (χ0) is 13.0. The van der Waals surface area contributed by atoms with Gasteiger partial charge in [-0.2, -0.15) is 5.26 Å². The van der Waals surface area contributed by atoms with Gasteiger partial charge in [-0.1, -0.05) is 18.2 Å². The van der Waals surface area contributed by atoms with Crippen molar-refractivity contribution in [2.45, 2.75) is 13.0 Å². The standard InChI is InChI=1S/C15H13NO2/c1-11(17)13-5-7-14(8-6-13)18-15-4-2-3-12(9-15)10-16/h2-9,11,17H,1H3/t11-/m0/s1. The number of aliphatic hydroxyl groups is 1. The highest BCUT2D eigenvalue weighted by molar-refractivity contribution is 5.39. The van der Waals surface area contributed by atoms with Crippen LogP contribution in [-0.2, 0) is 0 Å². The van der Waals surface area contributed by atoms with Gasteiger partial charge >= 0.3 is 0 Å². The summed E-state index contributed by atoms with van der Waals surface area (Å²) in [5, 5.41) is 18.2. The first kappa shape index (κ1) is 12.2. The Morgan fingerprint density at radius 1 is 1.11 bits per heavy atom. The molecule has 3 nitrogen and oxygen atoms in total. The molecular weight excluding hydrogens is 226 g/mol. The third kappa shape index (κ3) is 2.88. The molecule has 0 heterocycles. The highest BCUT2D eigenvalue weighted by Gasteiger charge is 2.02. The maximum atomic E-state index is 9.40. The van der Waals surface area contributed by atoms with Gasteiger partial charge in [0.05, 0.1) is 17.7 Å². The van der Waals surface area contributed by atoms with Crippen molar-refractivity contribution in [3.8, 4) is 17.6 Å². The van der Waals surface area contributed by atoms with Crippen LogP contribution in [0.4, 0.5) is 0 Å². The topological polar surface area (TPSA) is 53.2 Å². The van der Waals surface area contributed by atoms with Crippen molar-refractivity contribution in [3.63, 3.8) is 0 Å². The monoisotopic (exact) mass is 239 g/mol. The van der Waals surface area contributed by atoms with Gasteiger partial charge in [0, 0.05) is 0 Å². The Labute approximate surface area is 106 Å². The van der Waals surface area contributed by atoms with Gasteiger partial charge in [-0.25, -0.2) is 0 Å². The maximum absolute atomic E-state index is 9.40. The summed E-state index contributed by atoms with van der Waals surface area (Å²) in [6, 6.07) is 16.3. The second-order valence-corrected chi connectivity index (χ2v) is 3.99. The van der Waals surface area contributed by atoms with Crippen LogP contribution in [0, 0.1) is 11.3 Å². The lowest BCUT2D eigenvalue weighted by molar-refractivity contribution is 0.199. The molecule has 0 aliphatic heterocycles. The van der Waals surface area contributed by atoms with E-state index in [1.54, 1.807) is 43.3 Å². The highest BCUT2D eigenvalue weighted by atomic mass is 16.5. The molecule has 2 aromatic carbocycles. The Kier molecular flexibility index (Phi) is 3.61. The highest BCUT2D eigenvalue weighted by Crippen LogP contribution is 2.23. The van der Waals surface area contributed by atoms with E-state index in [1.165, 1.54) is 0 Å². The van der Waals surface area contributed by atoms with Crippen LogP contribution in [0.15, 0.2) is 48.5 Å². The van der Waals surface area contributed by atoms with Crippen molar-refractivity contribution < 1.29 is 9.84 Å². The molecule has 0 spiro atoms. The molecule has 0 bridgehead atoms. The zero-order valence-electron chi connectivity index (χ0n) is 10.00. The van der Waals surface area contributed by atoms with Crippen molar-refractivity contribution in [3.05, 3.63) is 59.7 Å². The largest absolute Gasteiger partial charge is 0.457 e. The van der Waals surface area contributed by atoms with E-state index in [0.717, 1.165) is 5.56 Å². The number of aliphatic hydroxyl groups excluding tert-OH is 1. The van der Waals surface area contributed by atoms with Crippen molar-refractivity contribution in [2.24, 2.45) is 0 Å². The molecule has 1 N–H and O–H groups in total. The van der Waals surface area contributed by atoms with E-state index in [2.05, 4.69) is 6.07 Å². The molecule has 0 saturated carbocycles. The van der Waals surface area contributed by atoms with Crippen molar-refractivity contribution in [2.75, 3.05) is 0 Å². The molecule has 0 aliphatic rings. The van der Waals surface area contributed by atoms with Gasteiger partial charge in [-0.05, 0) is 42.8 Å². The van der Waals surface area contributed by atoms with Gasteiger partial charge < -0.3 is 9.84 Å². The first-order chi connectivity index (χ1) is 8.69.